The zero-order chi connectivity index (χ0) is 18.1. The molecule has 0 saturated heterocycles. The van der Waals surface area contributed by atoms with Crippen LogP contribution in [0.3, 0.4) is 0 Å². The molecule has 2 rings (SSSR count). The van der Waals surface area contributed by atoms with E-state index in [2.05, 4.69) is 9.71 Å². The van der Waals surface area contributed by atoms with Gasteiger partial charge in [-0.1, -0.05) is 34.8 Å². The molecule has 0 spiro atoms. The smallest absolute Gasteiger partial charge is 0.258 e. The third-order valence-electron chi connectivity index (χ3n) is 2.86. The molecule has 130 valence electrons. The van der Waals surface area contributed by atoms with Gasteiger partial charge in [-0.15, -0.1) is 0 Å². The second-order valence-electron chi connectivity index (χ2n) is 4.55. The van der Waals surface area contributed by atoms with Crippen LogP contribution in [0, 0.1) is 0 Å². The highest BCUT2D eigenvalue weighted by atomic mass is 35.5. The largest absolute Gasteiger partial charge is 0.417 e. The van der Waals surface area contributed by atoms with E-state index in [1.807, 2.05) is 0 Å². The number of halogens is 6. The van der Waals surface area contributed by atoms with Gasteiger partial charge in [0.15, 0.2) is 0 Å². The fraction of sp³-hybridized carbons (Fsp3) is 0.154. The fourth-order valence-corrected chi connectivity index (χ4v) is 3.68. The highest BCUT2D eigenvalue weighted by Gasteiger charge is 2.31. The van der Waals surface area contributed by atoms with Crippen molar-refractivity contribution in [2.75, 3.05) is 0 Å². The van der Waals surface area contributed by atoms with Crippen LogP contribution in [0.2, 0.25) is 15.1 Å². The van der Waals surface area contributed by atoms with Gasteiger partial charge in [0.25, 0.3) is 0 Å². The van der Waals surface area contributed by atoms with Crippen LogP contribution in [0.25, 0.3) is 0 Å². The summed E-state index contributed by atoms with van der Waals surface area (Å²) < 4.78 is 64.2. The van der Waals surface area contributed by atoms with Crippen LogP contribution < -0.4 is 4.72 Å². The van der Waals surface area contributed by atoms with E-state index in [9.17, 15) is 21.6 Å². The summed E-state index contributed by atoms with van der Waals surface area (Å²) in [6.45, 7) is -0.405. The molecule has 2 aromatic rings. The van der Waals surface area contributed by atoms with Gasteiger partial charge in [0.05, 0.1) is 27.8 Å². The summed E-state index contributed by atoms with van der Waals surface area (Å²) in [7, 11) is -4.02. The number of benzene rings is 1. The minimum absolute atomic E-state index is 0.0571. The van der Waals surface area contributed by atoms with Gasteiger partial charge in [0, 0.05) is 11.2 Å². The zero-order valence-corrected chi connectivity index (χ0v) is 14.6. The molecule has 0 aliphatic rings. The molecule has 4 nitrogen and oxygen atoms in total. The highest BCUT2D eigenvalue weighted by molar-refractivity contribution is 7.89. The number of alkyl halides is 3. The molecule has 0 radical (unpaired) electrons. The molecule has 1 aromatic heterocycles. The van der Waals surface area contributed by atoms with Crippen molar-refractivity contribution in [3.8, 4) is 0 Å². The second-order valence-corrected chi connectivity index (χ2v) is 7.54. The Morgan fingerprint density at radius 2 is 1.75 bits per heavy atom. The van der Waals surface area contributed by atoms with Crippen molar-refractivity contribution in [3.05, 3.63) is 56.8 Å². The number of rotatable bonds is 4. The number of nitrogens with one attached hydrogen (secondary N) is 1. The van der Waals surface area contributed by atoms with Crippen molar-refractivity contribution in [3.63, 3.8) is 0 Å². The van der Waals surface area contributed by atoms with E-state index in [1.165, 1.54) is 18.2 Å². The van der Waals surface area contributed by atoms with Crippen molar-refractivity contribution in [1.82, 2.24) is 9.71 Å². The molecule has 11 heteroatoms. The average Bonchev–Trinajstić information content (AvgIpc) is 2.44. The standard InChI is InChI=1S/C13H8Cl3F3N2O2S/c14-8-1-2-12(10(16)4-8)24(22,23)21-6-11-9(15)3-7(5-20-11)13(17,18)19/h1-5,21H,6H2. The van der Waals surface area contributed by atoms with Crippen molar-refractivity contribution in [2.24, 2.45) is 0 Å². The van der Waals surface area contributed by atoms with E-state index >= 15 is 0 Å². The van der Waals surface area contributed by atoms with Crippen LogP contribution in [-0.2, 0) is 22.7 Å². The predicted octanol–water partition coefficient (Wildman–Crippen LogP) is 4.54. The van der Waals surface area contributed by atoms with Gasteiger partial charge >= 0.3 is 6.18 Å². The second kappa shape index (κ2) is 7.05. The van der Waals surface area contributed by atoms with Crippen molar-refractivity contribution >= 4 is 44.8 Å². The highest BCUT2D eigenvalue weighted by Crippen LogP contribution is 2.31. The van der Waals surface area contributed by atoms with Crippen LogP contribution in [0.4, 0.5) is 13.2 Å². The molecular formula is C13H8Cl3F3N2O2S. The first kappa shape index (κ1) is 19.3. The summed E-state index contributed by atoms with van der Waals surface area (Å²) in [6, 6.07) is 4.47. The van der Waals surface area contributed by atoms with E-state index in [-0.39, 0.29) is 25.7 Å². The van der Waals surface area contributed by atoms with E-state index in [0.717, 1.165) is 0 Å². The van der Waals surface area contributed by atoms with Gasteiger partial charge < -0.3 is 0 Å². The maximum Gasteiger partial charge on any atom is 0.417 e. The molecule has 1 aromatic carbocycles. The topological polar surface area (TPSA) is 59.1 Å². The number of pyridine rings is 1. The first-order valence-corrected chi connectivity index (χ1v) is 8.79. The quantitative estimate of drug-likeness (QED) is 0.791. The maximum atomic E-state index is 12.5. The Bertz CT molecular complexity index is 873. The maximum absolute atomic E-state index is 12.5. The third kappa shape index (κ3) is 4.52. The van der Waals surface area contributed by atoms with Crippen LogP contribution in [-0.4, -0.2) is 13.4 Å². The van der Waals surface area contributed by atoms with Gasteiger partial charge in [0.2, 0.25) is 10.0 Å². The van der Waals surface area contributed by atoms with Crippen LogP contribution in [0.5, 0.6) is 0 Å². The summed E-state index contributed by atoms with van der Waals surface area (Å²) in [4.78, 5) is 3.32. The Kier molecular flexibility index (Phi) is 5.66. The Morgan fingerprint density at radius 1 is 1.08 bits per heavy atom. The molecule has 1 heterocycles. The molecule has 0 fully saturated rings. The molecule has 24 heavy (non-hydrogen) atoms. The molecule has 0 atom stereocenters. The molecule has 1 N–H and O–H groups in total. The molecule has 0 bridgehead atoms. The SMILES string of the molecule is O=S(=O)(NCc1ncc(C(F)(F)F)cc1Cl)c1ccc(Cl)cc1Cl. The number of hydrogen-bond donors (Lipinski definition) is 1. The summed E-state index contributed by atoms with van der Waals surface area (Å²) in [6.07, 6.45) is -4.02. The molecule has 0 saturated carbocycles. The number of aromatic nitrogens is 1. The first-order valence-electron chi connectivity index (χ1n) is 6.17. The Hall–Kier alpha value is -1.06. The predicted molar refractivity (Wildman–Crippen MR) is 84.7 cm³/mol. The summed E-state index contributed by atoms with van der Waals surface area (Å²) in [5.74, 6) is 0. The van der Waals surface area contributed by atoms with Crippen molar-refractivity contribution < 1.29 is 21.6 Å². The average molecular weight is 420 g/mol. The monoisotopic (exact) mass is 418 g/mol. The lowest BCUT2D eigenvalue weighted by Crippen LogP contribution is -2.24. The lowest BCUT2D eigenvalue weighted by Gasteiger charge is -2.11. The first-order chi connectivity index (χ1) is 11.0. The van der Waals surface area contributed by atoms with Crippen LogP contribution >= 0.6 is 34.8 Å². The Labute approximate surface area is 150 Å². The van der Waals surface area contributed by atoms with Crippen molar-refractivity contribution in [1.29, 1.82) is 0 Å². The third-order valence-corrected chi connectivity index (χ3v) is 5.30. The van der Waals surface area contributed by atoms with E-state index in [1.54, 1.807) is 0 Å². The summed E-state index contributed by atoms with van der Waals surface area (Å²) in [5.41, 5.74) is -1.09. The molecular weight excluding hydrogens is 412 g/mol. The normalized spacial score (nSPS) is 12.4. The minimum Gasteiger partial charge on any atom is -0.258 e. The number of hydrogen-bond acceptors (Lipinski definition) is 3. The van der Waals surface area contributed by atoms with Crippen LogP contribution in [0.15, 0.2) is 35.4 Å². The Morgan fingerprint density at radius 3 is 2.29 bits per heavy atom. The van der Waals surface area contributed by atoms with Gasteiger partial charge in [-0.25, -0.2) is 13.1 Å². The van der Waals surface area contributed by atoms with Gasteiger partial charge in [0.1, 0.15) is 4.90 Å². The van der Waals surface area contributed by atoms with E-state index in [0.29, 0.717) is 12.3 Å². The van der Waals surface area contributed by atoms with Gasteiger partial charge in [-0.05, 0) is 24.3 Å². The van der Waals surface area contributed by atoms with Gasteiger partial charge in [-0.2, -0.15) is 13.2 Å². The summed E-state index contributed by atoms with van der Waals surface area (Å²) in [5, 5.41) is -0.150. The summed E-state index contributed by atoms with van der Waals surface area (Å²) >= 11 is 17.2. The number of nitrogens with zero attached hydrogens (tertiary/aromatic N) is 1. The molecule has 0 aliphatic heterocycles. The minimum atomic E-state index is -4.59. The van der Waals surface area contributed by atoms with Crippen molar-refractivity contribution in [2.45, 2.75) is 17.6 Å². The zero-order valence-electron chi connectivity index (χ0n) is 11.5. The van der Waals surface area contributed by atoms with Gasteiger partial charge in [-0.3, -0.25) is 4.98 Å². The van der Waals surface area contributed by atoms with E-state index in [4.69, 9.17) is 34.8 Å². The number of sulfonamides is 1. The molecule has 0 aliphatic carbocycles. The van der Waals surface area contributed by atoms with E-state index < -0.39 is 28.3 Å². The van der Waals surface area contributed by atoms with Crippen LogP contribution in [0.1, 0.15) is 11.3 Å². The lowest BCUT2D eigenvalue weighted by atomic mass is 10.2. The lowest BCUT2D eigenvalue weighted by molar-refractivity contribution is -0.137. The fourth-order valence-electron chi connectivity index (χ4n) is 1.69. The molecule has 0 amide bonds. The molecule has 0 unspecified atom stereocenters. The Balaban J connectivity index is 2.21.